The second-order valence-electron chi connectivity index (χ2n) is 0.917. The maximum Gasteiger partial charge on any atom is 0.0993 e. The summed E-state index contributed by atoms with van der Waals surface area (Å²) in [5.41, 5.74) is 0. The third-order valence-electron chi connectivity index (χ3n) is 0.362. The predicted molar refractivity (Wildman–Crippen MR) is 36.6 cm³/mol. The lowest BCUT2D eigenvalue weighted by Crippen LogP contribution is -1.74. The molecule has 3 heteroatoms. The van der Waals surface area contributed by atoms with Crippen LogP contribution in [0.25, 0.3) is 0 Å². The molecule has 0 radical (unpaired) electrons. The van der Waals surface area contributed by atoms with E-state index < -0.39 is 0 Å². The summed E-state index contributed by atoms with van der Waals surface area (Å²) in [6, 6.07) is 0. The van der Waals surface area contributed by atoms with Crippen LogP contribution in [0.2, 0.25) is 0 Å². The Hall–Kier alpha value is 0.630. The quantitative estimate of drug-likeness (QED) is 0.434. The zero-order valence-corrected chi connectivity index (χ0v) is 5.95. The normalized spacial score (nSPS) is 9.43. The molecule has 44 valence electrons. The van der Waals surface area contributed by atoms with Crippen LogP contribution in [0.15, 0.2) is 0 Å². The minimum atomic E-state index is -0.197. The van der Waals surface area contributed by atoms with Gasteiger partial charge in [-0.15, -0.1) is 0 Å². The van der Waals surface area contributed by atoms with Gasteiger partial charge in [-0.25, -0.2) is 0 Å². The molecule has 0 nitrogen and oxygen atoms in total. The smallest absolute Gasteiger partial charge is 0.0993 e. The third kappa shape index (κ3) is 6.63. The van der Waals surface area contributed by atoms with E-state index in [0.717, 1.165) is 5.75 Å². The molecule has 0 rings (SSSR count). The highest BCUT2D eigenvalue weighted by molar-refractivity contribution is 8.76. The van der Waals surface area contributed by atoms with Gasteiger partial charge in [0.05, 0.1) is 6.67 Å². The summed E-state index contributed by atoms with van der Waals surface area (Å²) in [6.07, 6.45) is 0. The van der Waals surface area contributed by atoms with E-state index in [1.807, 2.05) is 0 Å². The molecule has 0 aliphatic heterocycles. The summed E-state index contributed by atoms with van der Waals surface area (Å²) >= 11 is 0. The van der Waals surface area contributed by atoms with Gasteiger partial charge in [-0.3, -0.25) is 4.39 Å². The Morgan fingerprint density at radius 1 is 1.43 bits per heavy atom. The van der Waals surface area contributed by atoms with E-state index in [1.54, 1.807) is 21.6 Å². The molecular weight excluding hydrogens is 131 g/mol. The van der Waals surface area contributed by atoms with Crippen LogP contribution >= 0.6 is 21.6 Å². The molecule has 0 N–H and O–H groups in total. The molecule has 7 heavy (non-hydrogen) atoms. The van der Waals surface area contributed by atoms with E-state index in [4.69, 9.17) is 0 Å². The Labute approximate surface area is 51.6 Å². The molecule has 0 saturated carbocycles. The molecule has 0 aromatic heterocycles. The van der Waals surface area contributed by atoms with Gasteiger partial charge in [0.1, 0.15) is 0 Å². The minimum Gasteiger partial charge on any atom is -0.250 e. The summed E-state index contributed by atoms with van der Waals surface area (Å²) in [6.45, 7) is 1.87. The van der Waals surface area contributed by atoms with E-state index in [1.165, 1.54) is 0 Å². The highest BCUT2D eigenvalue weighted by atomic mass is 33.1. The van der Waals surface area contributed by atoms with Crippen molar-refractivity contribution in [3.63, 3.8) is 0 Å². The fourth-order valence-electron chi connectivity index (χ4n) is 0.174. The lowest BCUT2D eigenvalue weighted by Gasteiger charge is -1.89. The average molecular weight is 140 g/mol. The Bertz CT molecular complexity index is 28.9. The van der Waals surface area contributed by atoms with Gasteiger partial charge in [0, 0.05) is 11.5 Å². The first-order valence-electron chi connectivity index (χ1n) is 2.22. The fourth-order valence-corrected chi connectivity index (χ4v) is 1.56. The monoisotopic (exact) mass is 140 g/mol. The molecular formula is C4H9FS2. The second-order valence-corrected chi connectivity index (χ2v) is 3.79. The van der Waals surface area contributed by atoms with Crippen LogP contribution in [-0.2, 0) is 0 Å². The Kier molecular flexibility index (Phi) is 7.23. The van der Waals surface area contributed by atoms with Crippen LogP contribution in [0.3, 0.4) is 0 Å². The van der Waals surface area contributed by atoms with E-state index >= 15 is 0 Å². The van der Waals surface area contributed by atoms with Crippen LogP contribution in [0.1, 0.15) is 6.92 Å². The number of alkyl halides is 1. The van der Waals surface area contributed by atoms with Crippen LogP contribution in [0.4, 0.5) is 4.39 Å². The second kappa shape index (κ2) is 6.63. The third-order valence-corrected chi connectivity index (χ3v) is 2.79. The first kappa shape index (κ1) is 7.63. The number of halogens is 1. The van der Waals surface area contributed by atoms with Gasteiger partial charge in [-0.1, -0.05) is 28.5 Å². The van der Waals surface area contributed by atoms with Crippen molar-refractivity contribution in [1.82, 2.24) is 0 Å². The van der Waals surface area contributed by atoms with Gasteiger partial charge in [-0.05, 0) is 0 Å². The Balaban J connectivity index is 2.45. The molecule has 0 atom stereocenters. The topological polar surface area (TPSA) is 0 Å². The van der Waals surface area contributed by atoms with Crippen molar-refractivity contribution in [3.05, 3.63) is 0 Å². The van der Waals surface area contributed by atoms with Gasteiger partial charge in [0.15, 0.2) is 0 Å². The van der Waals surface area contributed by atoms with Crippen LogP contribution in [-0.4, -0.2) is 18.2 Å². The van der Waals surface area contributed by atoms with Gasteiger partial charge in [-0.2, -0.15) is 0 Å². The molecule has 0 fully saturated rings. The summed E-state index contributed by atoms with van der Waals surface area (Å²) in [5, 5.41) is 0. The number of hydrogen-bond acceptors (Lipinski definition) is 2. The SMILES string of the molecule is CCSSCCF. The first-order valence-corrected chi connectivity index (χ1v) is 4.71. The van der Waals surface area contributed by atoms with Crippen molar-refractivity contribution >= 4 is 21.6 Å². The molecule has 0 aromatic carbocycles. The van der Waals surface area contributed by atoms with Gasteiger partial charge < -0.3 is 0 Å². The predicted octanol–water partition coefficient (Wildman–Crippen LogP) is 2.36. The summed E-state index contributed by atoms with van der Waals surface area (Å²) < 4.78 is 11.3. The molecule has 0 aliphatic carbocycles. The van der Waals surface area contributed by atoms with Crippen molar-refractivity contribution in [2.45, 2.75) is 6.92 Å². The average Bonchev–Trinajstić information content (AvgIpc) is 1.69. The molecule has 0 unspecified atom stereocenters. The highest BCUT2D eigenvalue weighted by Crippen LogP contribution is 2.19. The van der Waals surface area contributed by atoms with Gasteiger partial charge in [0.25, 0.3) is 0 Å². The van der Waals surface area contributed by atoms with E-state index in [9.17, 15) is 4.39 Å². The van der Waals surface area contributed by atoms with Crippen molar-refractivity contribution < 1.29 is 4.39 Å². The summed E-state index contributed by atoms with van der Waals surface area (Å²) in [4.78, 5) is 0. The molecule has 0 aromatic rings. The molecule has 0 amide bonds. The largest absolute Gasteiger partial charge is 0.250 e. The summed E-state index contributed by atoms with van der Waals surface area (Å²) in [5.74, 6) is 1.71. The van der Waals surface area contributed by atoms with Crippen LogP contribution in [0, 0.1) is 0 Å². The van der Waals surface area contributed by atoms with E-state index in [-0.39, 0.29) is 6.67 Å². The van der Waals surface area contributed by atoms with Crippen molar-refractivity contribution in [3.8, 4) is 0 Å². The van der Waals surface area contributed by atoms with E-state index in [0.29, 0.717) is 5.75 Å². The Morgan fingerprint density at radius 2 is 2.14 bits per heavy atom. The zero-order valence-electron chi connectivity index (χ0n) is 4.32. The van der Waals surface area contributed by atoms with Crippen molar-refractivity contribution in [2.24, 2.45) is 0 Å². The summed E-state index contributed by atoms with van der Waals surface area (Å²) in [7, 11) is 3.30. The number of rotatable bonds is 4. The van der Waals surface area contributed by atoms with Crippen LogP contribution in [0.5, 0.6) is 0 Å². The van der Waals surface area contributed by atoms with Crippen molar-refractivity contribution in [2.75, 3.05) is 18.2 Å². The van der Waals surface area contributed by atoms with Crippen LogP contribution < -0.4 is 0 Å². The standard InChI is InChI=1S/C4H9FS2/c1-2-6-7-4-3-5/h2-4H2,1H3. The Morgan fingerprint density at radius 3 is 2.57 bits per heavy atom. The maximum absolute atomic E-state index is 11.3. The molecule has 0 aliphatic rings. The van der Waals surface area contributed by atoms with Crippen molar-refractivity contribution in [1.29, 1.82) is 0 Å². The molecule has 0 spiro atoms. The van der Waals surface area contributed by atoms with Gasteiger partial charge in [0.2, 0.25) is 0 Å². The molecule has 0 heterocycles. The number of hydrogen-bond donors (Lipinski definition) is 0. The lowest BCUT2D eigenvalue weighted by molar-refractivity contribution is 0.533. The highest BCUT2D eigenvalue weighted by Gasteiger charge is 1.82. The zero-order chi connectivity index (χ0) is 5.54. The minimum absolute atomic E-state index is 0.197. The van der Waals surface area contributed by atoms with Gasteiger partial charge >= 0.3 is 0 Å². The molecule has 0 bridgehead atoms. The fraction of sp³-hybridized carbons (Fsp3) is 1.00. The first-order chi connectivity index (χ1) is 3.41. The maximum atomic E-state index is 11.3. The lowest BCUT2D eigenvalue weighted by atomic mass is 10.9. The van der Waals surface area contributed by atoms with E-state index in [2.05, 4.69) is 6.92 Å². The molecule has 0 saturated heterocycles.